The van der Waals surface area contributed by atoms with Crippen molar-refractivity contribution in [2.75, 3.05) is 6.54 Å². The van der Waals surface area contributed by atoms with E-state index >= 15 is 0 Å². The molecule has 1 saturated heterocycles. The van der Waals surface area contributed by atoms with Crippen molar-refractivity contribution >= 4 is 45.4 Å². The number of nitrogens with zero attached hydrogens (tertiary/aromatic N) is 4. The fourth-order valence-electron chi connectivity index (χ4n) is 2.13. The van der Waals surface area contributed by atoms with E-state index in [4.69, 9.17) is 0 Å². The lowest BCUT2D eigenvalue weighted by molar-refractivity contribution is -0.121. The number of thioether (sulfide) groups is 1. The largest absolute Gasteiger partial charge is 0.282 e. The number of aryl methyl sites for hydroxylation is 1. The first-order valence-corrected chi connectivity index (χ1v) is 9.23. The highest BCUT2D eigenvalue weighted by Crippen LogP contribution is 2.34. The lowest BCUT2D eigenvalue weighted by Crippen LogP contribution is -2.29. The van der Waals surface area contributed by atoms with E-state index < -0.39 is 0 Å². The summed E-state index contributed by atoms with van der Waals surface area (Å²) in [4.78, 5) is 19.0. The third kappa shape index (κ3) is 3.85. The highest BCUT2D eigenvalue weighted by molar-refractivity contribution is 8.18. The SMILES string of the molecule is C=CCN1C(=O)/C(=C/c2ccccc2F)SC1=Nc1nnc(CC)s1. The molecule has 0 spiro atoms. The van der Waals surface area contributed by atoms with Crippen LogP contribution >= 0.6 is 23.1 Å². The summed E-state index contributed by atoms with van der Waals surface area (Å²) in [5.74, 6) is -0.604. The molecule has 0 unspecified atom stereocenters. The van der Waals surface area contributed by atoms with Crippen LogP contribution in [0.15, 0.2) is 46.8 Å². The third-order valence-corrected chi connectivity index (χ3v) is 5.31. The molecule has 3 rings (SSSR count). The van der Waals surface area contributed by atoms with Crippen LogP contribution in [0.3, 0.4) is 0 Å². The average Bonchev–Trinajstić information content (AvgIpc) is 3.17. The van der Waals surface area contributed by atoms with Crippen LogP contribution in [0, 0.1) is 5.82 Å². The Morgan fingerprint density at radius 3 is 2.84 bits per heavy atom. The molecule has 0 bridgehead atoms. The van der Waals surface area contributed by atoms with Crippen molar-refractivity contribution in [3.05, 3.63) is 58.2 Å². The molecule has 1 aromatic heterocycles. The summed E-state index contributed by atoms with van der Waals surface area (Å²) < 4.78 is 13.9. The number of amidine groups is 1. The van der Waals surface area contributed by atoms with Crippen LogP contribution in [0.5, 0.6) is 0 Å². The summed E-state index contributed by atoms with van der Waals surface area (Å²) in [6.45, 7) is 5.99. The number of carbonyl (C=O) groups excluding carboxylic acids is 1. The fraction of sp³-hybridized carbons (Fsp3) is 0.176. The molecule has 1 aliphatic heterocycles. The number of rotatable bonds is 5. The lowest BCUT2D eigenvalue weighted by atomic mass is 10.2. The molecule has 2 aromatic rings. The van der Waals surface area contributed by atoms with Gasteiger partial charge < -0.3 is 0 Å². The van der Waals surface area contributed by atoms with E-state index in [9.17, 15) is 9.18 Å². The lowest BCUT2D eigenvalue weighted by Gasteiger charge is -2.11. The smallest absolute Gasteiger partial charge is 0.267 e. The van der Waals surface area contributed by atoms with Crippen molar-refractivity contribution in [2.45, 2.75) is 13.3 Å². The Morgan fingerprint density at radius 2 is 2.16 bits per heavy atom. The number of aliphatic imine (C=N–C) groups is 1. The highest BCUT2D eigenvalue weighted by atomic mass is 32.2. The molecule has 2 heterocycles. The van der Waals surface area contributed by atoms with Gasteiger partial charge in [-0.2, -0.15) is 4.99 Å². The van der Waals surface area contributed by atoms with E-state index in [1.807, 2.05) is 6.92 Å². The molecule has 1 amide bonds. The summed E-state index contributed by atoms with van der Waals surface area (Å²) in [6.07, 6.45) is 3.94. The minimum Gasteiger partial charge on any atom is -0.282 e. The maximum absolute atomic E-state index is 13.9. The van der Waals surface area contributed by atoms with E-state index in [1.54, 1.807) is 30.4 Å². The number of hydrogen-bond donors (Lipinski definition) is 0. The van der Waals surface area contributed by atoms with Crippen LogP contribution in [0.1, 0.15) is 17.5 Å². The summed E-state index contributed by atoms with van der Waals surface area (Å²) in [7, 11) is 0. The Bertz CT molecular complexity index is 875. The van der Waals surface area contributed by atoms with Crippen LogP contribution in [0.2, 0.25) is 0 Å². The number of carbonyl (C=O) groups is 1. The zero-order valence-corrected chi connectivity index (χ0v) is 15.1. The van der Waals surface area contributed by atoms with Crippen molar-refractivity contribution < 1.29 is 9.18 Å². The predicted molar refractivity (Wildman–Crippen MR) is 100 cm³/mol. The van der Waals surface area contributed by atoms with Crippen molar-refractivity contribution in [2.24, 2.45) is 4.99 Å². The maximum atomic E-state index is 13.9. The Labute approximate surface area is 153 Å². The molecule has 0 radical (unpaired) electrons. The monoisotopic (exact) mass is 374 g/mol. The first kappa shape index (κ1) is 17.5. The number of aromatic nitrogens is 2. The van der Waals surface area contributed by atoms with Crippen LogP contribution in [0.25, 0.3) is 6.08 Å². The molecule has 0 saturated carbocycles. The van der Waals surface area contributed by atoms with Crippen LogP contribution in [-0.2, 0) is 11.2 Å². The van der Waals surface area contributed by atoms with Crippen molar-refractivity contribution in [3.8, 4) is 0 Å². The molecule has 1 aliphatic rings. The van der Waals surface area contributed by atoms with E-state index in [0.29, 0.717) is 27.3 Å². The molecule has 1 fully saturated rings. The van der Waals surface area contributed by atoms with Gasteiger partial charge in [0.05, 0.1) is 4.91 Å². The molecule has 0 N–H and O–H groups in total. The van der Waals surface area contributed by atoms with Gasteiger partial charge in [-0.1, -0.05) is 42.5 Å². The zero-order chi connectivity index (χ0) is 17.8. The van der Waals surface area contributed by atoms with E-state index in [2.05, 4.69) is 21.8 Å². The van der Waals surface area contributed by atoms with Gasteiger partial charge in [0.1, 0.15) is 10.8 Å². The first-order valence-electron chi connectivity index (χ1n) is 7.60. The van der Waals surface area contributed by atoms with Crippen molar-refractivity contribution in [3.63, 3.8) is 0 Å². The Kier molecular flexibility index (Phi) is 5.40. The van der Waals surface area contributed by atoms with Gasteiger partial charge in [-0.25, -0.2) is 4.39 Å². The van der Waals surface area contributed by atoms with Gasteiger partial charge in [-0.3, -0.25) is 9.69 Å². The normalized spacial score (nSPS) is 17.7. The third-order valence-electron chi connectivity index (χ3n) is 3.34. The second-order valence-corrected chi connectivity index (χ2v) is 7.11. The van der Waals surface area contributed by atoms with Gasteiger partial charge >= 0.3 is 0 Å². The van der Waals surface area contributed by atoms with Gasteiger partial charge in [0.25, 0.3) is 5.91 Å². The molecule has 5 nitrogen and oxygen atoms in total. The van der Waals surface area contributed by atoms with E-state index in [0.717, 1.165) is 11.4 Å². The number of amides is 1. The molecule has 8 heteroatoms. The molecule has 0 aliphatic carbocycles. The molecule has 0 atom stereocenters. The predicted octanol–water partition coefficient (Wildman–Crippen LogP) is 4.03. The first-order chi connectivity index (χ1) is 12.1. The minimum atomic E-state index is -0.374. The van der Waals surface area contributed by atoms with Crippen LogP contribution < -0.4 is 0 Å². The van der Waals surface area contributed by atoms with Crippen molar-refractivity contribution in [1.29, 1.82) is 0 Å². The Hall–Kier alpha value is -2.32. The fourth-order valence-corrected chi connectivity index (χ4v) is 3.82. The molecule has 1 aromatic carbocycles. The summed E-state index contributed by atoms with van der Waals surface area (Å²) in [6, 6.07) is 6.32. The second-order valence-electron chi connectivity index (χ2n) is 5.06. The van der Waals surface area contributed by atoms with Crippen LogP contribution in [0.4, 0.5) is 9.52 Å². The van der Waals surface area contributed by atoms with Gasteiger partial charge in [0, 0.05) is 12.1 Å². The van der Waals surface area contributed by atoms with Gasteiger partial charge in [0.2, 0.25) is 5.13 Å². The number of benzene rings is 1. The summed E-state index contributed by atoms with van der Waals surface area (Å²) >= 11 is 2.58. The molecular formula is C17H15FN4OS2. The van der Waals surface area contributed by atoms with Gasteiger partial charge in [0.15, 0.2) is 5.17 Å². The summed E-state index contributed by atoms with van der Waals surface area (Å²) in [5, 5.41) is 9.91. The Balaban J connectivity index is 1.95. The number of halogens is 1. The van der Waals surface area contributed by atoms with Crippen LogP contribution in [-0.4, -0.2) is 32.7 Å². The number of hydrogen-bond acceptors (Lipinski definition) is 6. The Morgan fingerprint density at radius 1 is 1.36 bits per heavy atom. The van der Waals surface area contributed by atoms with Gasteiger partial charge in [-0.05, 0) is 30.3 Å². The second kappa shape index (κ2) is 7.71. The molecule has 128 valence electrons. The highest BCUT2D eigenvalue weighted by Gasteiger charge is 2.33. The van der Waals surface area contributed by atoms with Gasteiger partial charge in [-0.15, -0.1) is 16.8 Å². The van der Waals surface area contributed by atoms with Crippen molar-refractivity contribution in [1.82, 2.24) is 15.1 Å². The maximum Gasteiger partial charge on any atom is 0.267 e. The minimum absolute atomic E-state index is 0.230. The molecule has 25 heavy (non-hydrogen) atoms. The quantitative estimate of drug-likeness (QED) is 0.586. The molecular weight excluding hydrogens is 359 g/mol. The summed E-state index contributed by atoms with van der Waals surface area (Å²) in [5.41, 5.74) is 0.363. The topological polar surface area (TPSA) is 58.5 Å². The standard InChI is InChI=1S/C17H15FN4OS2/c1-3-9-22-15(23)13(10-11-7-5-6-8-12(11)18)24-17(22)19-16-21-20-14(4-2)25-16/h3,5-8,10H,1,4,9H2,2H3/b13-10-,19-17?. The average molecular weight is 374 g/mol. The van der Waals surface area contributed by atoms with E-state index in [-0.39, 0.29) is 11.7 Å². The zero-order valence-electron chi connectivity index (χ0n) is 13.5. The van der Waals surface area contributed by atoms with E-state index in [1.165, 1.54) is 34.1 Å².